The van der Waals surface area contributed by atoms with Gasteiger partial charge in [-0.25, -0.2) is 4.39 Å². The molecule has 2 rings (SSSR count). The average Bonchev–Trinajstić information content (AvgIpc) is 2.60. The minimum absolute atomic E-state index is 0.0775. The Morgan fingerprint density at radius 2 is 1.74 bits per heavy atom. The van der Waals surface area contributed by atoms with Gasteiger partial charge in [0, 0.05) is 10.7 Å². The van der Waals surface area contributed by atoms with Crippen LogP contribution in [-0.2, 0) is 16.1 Å². The fourth-order valence-electron chi connectivity index (χ4n) is 2.52. The van der Waals surface area contributed by atoms with Crippen molar-refractivity contribution in [3.05, 3.63) is 63.4 Å². The zero-order valence-corrected chi connectivity index (χ0v) is 16.5. The molecule has 0 heterocycles. The van der Waals surface area contributed by atoms with Crippen molar-refractivity contribution in [2.24, 2.45) is 0 Å². The van der Waals surface area contributed by atoms with E-state index in [1.807, 2.05) is 0 Å². The molecule has 0 aromatic heterocycles. The Bertz CT molecular complexity index is 825. The number of hydrogen-bond acceptors (Lipinski definition) is 2. The van der Waals surface area contributed by atoms with Gasteiger partial charge in [0.25, 0.3) is 5.91 Å². The van der Waals surface area contributed by atoms with Gasteiger partial charge in [-0.2, -0.15) is 0 Å². The summed E-state index contributed by atoms with van der Waals surface area (Å²) < 4.78 is 13.8. The van der Waals surface area contributed by atoms with Gasteiger partial charge in [-0.15, -0.1) is 0 Å². The molecule has 2 amide bonds. The molecule has 0 radical (unpaired) electrons. The highest BCUT2D eigenvalue weighted by Crippen LogP contribution is 2.22. The predicted molar refractivity (Wildman–Crippen MR) is 105 cm³/mol. The van der Waals surface area contributed by atoms with Crippen LogP contribution in [0.2, 0.25) is 10.0 Å². The number of anilines is 1. The lowest BCUT2D eigenvalue weighted by Crippen LogP contribution is -3.09. The van der Waals surface area contributed by atoms with Gasteiger partial charge >= 0.3 is 0 Å². The van der Waals surface area contributed by atoms with Gasteiger partial charge in [-0.1, -0.05) is 35.3 Å². The Morgan fingerprint density at radius 1 is 1.07 bits per heavy atom. The number of likely N-dealkylation sites (N-methyl/N-ethyl adjacent to an activating group) is 1. The minimum Gasteiger partial charge on any atom is -0.342 e. The van der Waals surface area contributed by atoms with E-state index in [9.17, 15) is 14.0 Å². The lowest BCUT2D eigenvalue weighted by Gasteiger charge is -2.15. The number of carbonyl (C=O) groups is 2. The van der Waals surface area contributed by atoms with Crippen molar-refractivity contribution in [3.63, 3.8) is 0 Å². The maximum Gasteiger partial charge on any atom is 0.275 e. The summed E-state index contributed by atoms with van der Waals surface area (Å²) in [6.45, 7) is 1.96. The van der Waals surface area contributed by atoms with Gasteiger partial charge in [-0.3, -0.25) is 9.59 Å². The van der Waals surface area contributed by atoms with E-state index >= 15 is 0 Å². The van der Waals surface area contributed by atoms with Crippen LogP contribution in [0.1, 0.15) is 11.1 Å². The second-order valence-corrected chi connectivity index (χ2v) is 7.06. The van der Waals surface area contributed by atoms with Crippen LogP contribution < -0.4 is 15.5 Å². The number of halogens is 3. The van der Waals surface area contributed by atoms with Crippen molar-refractivity contribution in [3.8, 4) is 0 Å². The summed E-state index contributed by atoms with van der Waals surface area (Å²) in [5, 5.41) is 6.13. The highest BCUT2D eigenvalue weighted by atomic mass is 35.5. The van der Waals surface area contributed by atoms with Crippen molar-refractivity contribution >= 4 is 40.7 Å². The molecule has 144 valence electrons. The van der Waals surface area contributed by atoms with Crippen LogP contribution >= 0.6 is 23.2 Å². The molecular weight excluding hydrogens is 392 g/mol. The molecule has 0 aliphatic heterocycles. The second-order valence-electron chi connectivity index (χ2n) is 6.25. The summed E-state index contributed by atoms with van der Waals surface area (Å²) in [6, 6.07) is 9.66. The molecule has 0 saturated carbocycles. The molecule has 0 spiro atoms. The largest absolute Gasteiger partial charge is 0.342 e. The van der Waals surface area contributed by atoms with Crippen LogP contribution in [0.25, 0.3) is 0 Å². The molecular formula is C19H21Cl2FN3O2+. The number of nitrogens with one attached hydrogen (secondary N) is 3. The van der Waals surface area contributed by atoms with E-state index in [0.29, 0.717) is 21.3 Å². The molecule has 0 saturated heterocycles. The molecule has 0 aliphatic rings. The SMILES string of the molecule is Cc1c(Cl)cccc1NC(=O)CNC(=O)C[NH+](C)Cc1c(F)cccc1Cl. The highest BCUT2D eigenvalue weighted by molar-refractivity contribution is 6.32. The molecule has 0 fully saturated rings. The normalized spacial score (nSPS) is 11.7. The Balaban J connectivity index is 1.81. The molecule has 3 N–H and O–H groups in total. The monoisotopic (exact) mass is 412 g/mol. The van der Waals surface area contributed by atoms with E-state index in [0.717, 1.165) is 10.5 Å². The third-order valence-electron chi connectivity index (χ3n) is 3.99. The molecule has 8 heteroatoms. The topological polar surface area (TPSA) is 62.6 Å². The summed E-state index contributed by atoms with van der Waals surface area (Å²) in [7, 11) is 1.75. The molecule has 0 aliphatic carbocycles. The minimum atomic E-state index is -0.404. The zero-order chi connectivity index (χ0) is 20.0. The van der Waals surface area contributed by atoms with Gasteiger partial charge < -0.3 is 15.5 Å². The van der Waals surface area contributed by atoms with Crippen LogP contribution in [0.3, 0.4) is 0 Å². The number of amides is 2. The van der Waals surface area contributed by atoms with Crippen LogP contribution in [0.5, 0.6) is 0 Å². The summed E-state index contributed by atoms with van der Waals surface area (Å²) in [5.41, 5.74) is 1.71. The van der Waals surface area contributed by atoms with Crippen molar-refractivity contribution in [1.29, 1.82) is 0 Å². The second kappa shape index (κ2) is 9.69. The molecule has 1 atom stereocenters. The van der Waals surface area contributed by atoms with E-state index in [-0.39, 0.29) is 31.4 Å². The molecule has 1 unspecified atom stereocenters. The molecule has 27 heavy (non-hydrogen) atoms. The Hall–Kier alpha value is -2.15. The van der Waals surface area contributed by atoms with E-state index in [2.05, 4.69) is 10.6 Å². The fraction of sp³-hybridized carbons (Fsp3) is 0.263. The summed E-state index contributed by atoms with van der Waals surface area (Å²) in [4.78, 5) is 24.8. The lowest BCUT2D eigenvalue weighted by atomic mass is 10.2. The first-order valence-electron chi connectivity index (χ1n) is 8.33. The third-order valence-corrected chi connectivity index (χ3v) is 4.75. The molecule has 0 bridgehead atoms. The van der Waals surface area contributed by atoms with Gasteiger partial charge in [-0.05, 0) is 36.8 Å². The van der Waals surface area contributed by atoms with Crippen LogP contribution in [-0.4, -0.2) is 32.0 Å². The number of carbonyl (C=O) groups excluding carboxylic acids is 2. The van der Waals surface area contributed by atoms with Crippen molar-refractivity contribution < 1.29 is 18.9 Å². The van der Waals surface area contributed by atoms with E-state index in [1.165, 1.54) is 12.1 Å². The van der Waals surface area contributed by atoms with Crippen molar-refractivity contribution in [1.82, 2.24) is 5.32 Å². The average molecular weight is 413 g/mol. The summed E-state index contributed by atoms with van der Waals surface area (Å²) in [5.74, 6) is -1.08. The lowest BCUT2D eigenvalue weighted by molar-refractivity contribution is -0.885. The molecule has 2 aromatic rings. The maximum absolute atomic E-state index is 13.8. The van der Waals surface area contributed by atoms with Gasteiger partial charge in [0.2, 0.25) is 5.91 Å². The number of benzene rings is 2. The quantitative estimate of drug-likeness (QED) is 0.652. The smallest absolute Gasteiger partial charge is 0.275 e. The standard InChI is InChI=1S/C19H20Cl2FN3O2/c1-12-14(20)5-4-8-17(12)24-18(26)9-23-19(27)11-25(2)10-13-15(21)6-3-7-16(13)22/h3-8H,9-11H2,1-2H3,(H,23,27)(H,24,26)/p+1. The fourth-order valence-corrected chi connectivity index (χ4v) is 2.92. The van der Waals surface area contributed by atoms with E-state index in [1.54, 1.807) is 38.2 Å². The van der Waals surface area contributed by atoms with Crippen LogP contribution in [0, 0.1) is 12.7 Å². The first-order chi connectivity index (χ1) is 12.8. The van der Waals surface area contributed by atoms with E-state index < -0.39 is 5.82 Å². The summed E-state index contributed by atoms with van der Waals surface area (Å²) >= 11 is 12.0. The predicted octanol–water partition coefficient (Wildman–Crippen LogP) is 2.21. The van der Waals surface area contributed by atoms with Gasteiger partial charge in [0.05, 0.1) is 24.2 Å². The van der Waals surface area contributed by atoms with Gasteiger partial charge in [0.15, 0.2) is 6.54 Å². The Kier molecular flexibility index (Phi) is 7.59. The number of rotatable bonds is 7. The molecule has 5 nitrogen and oxygen atoms in total. The Morgan fingerprint density at radius 3 is 2.44 bits per heavy atom. The Labute approximate surface area is 167 Å². The van der Waals surface area contributed by atoms with Gasteiger partial charge in [0.1, 0.15) is 12.4 Å². The maximum atomic E-state index is 13.8. The summed E-state index contributed by atoms with van der Waals surface area (Å²) in [6.07, 6.45) is 0. The van der Waals surface area contributed by atoms with Crippen molar-refractivity contribution in [2.45, 2.75) is 13.5 Å². The first kappa shape index (κ1) is 21.2. The first-order valence-corrected chi connectivity index (χ1v) is 9.09. The number of hydrogen-bond donors (Lipinski definition) is 3. The van der Waals surface area contributed by atoms with E-state index in [4.69, 9.17) is 23.2 Å². The highest BCUT2D eigenvalue weighted by Gasteiger charge is 2.16. The van der Waals surface area contributed by atoms with Crippen LogP contribution in [0.15, 0.2) is 36.4 Å². The number of quaternary nitrogens is 1. The van der Waals surface area contributed by atoms with Crippen molar-refractivity contribution in [2.75, 3.05) is 25.5 Å². The molecule has 2 aromatic carbocycles. The van der Waals surface area contributed by atoms with Crippen LogP contribution in [0.4, 0.5) is 10.1 Å². The zero-order valence-electron chi connectivity index (χ0n) is 15.0. The third kappa shape index (κ3) is 6.20.